The van der Waals surface area contributed by atoms with E-state index in [4.69, 9.17) is 9.47 Å². The van der Waals surface area contributed by atoms with Crippen molar-refractivity contribution in [2.75, 3.05) is 13.7 Å². The van der Waals surface area contributed by atoms with Crippen molar-refractivity contribution >= 4 is 0 Å². The maximum atomic E-state index is 5.99. The second-order valence-electron chi connectivity index (χ2n) is 6.32. The van der Waals surface area contributed by atoms with E-state index in [1.54, 1.807) is 7.11 Å². The Morgan fingerprint density at radius 3 is 1.95 bits per heavy atom. The van der Waals surface area contributed by atoms with Crippen LogP contribution in [0.3, 0.4) is 0 Å². The maximum absolute atomic E-state index is 5.99. The van der Waals surface area contributed by atoms with Crippen LogP contribution >= 0.6 is 0 Å². The van der Waals surface area contributed by atoms with Crippen molar-refractivity contribution in [3.8, 4) is 11.5 Å². The number of hydrogen-bond donors (Lipinski definition) is 0. The summed E-state index contributed by atoms with van der Waals surface area (Å²) in [6, 6.07) is 18.3. The monoisotopic (exact) mass is 284 g/mol. The van der Waals surface area contributed by atoms with Crippen LogP contribution in [-0.4, -0.2) is 13.7 Å². The summed E-state index contributed by atoms with van der Waals surface area (Å²) in [6.07, 6.45) is 0. The highest BCUT2D eigenvalue weighted by molar-refractivity contribution is 5.31. The smallest absolute Gasteiger partial charge is 0.119 e. The second-order valence-corrected chi connectivity index (χ2v) is 6.32. The summed E-state index contributed by atoms with van der Waals surface area (Å²) in [6.45, 7) is 7.42. The van der Waals surface area contributed by atoms with Gasteiger partial charge in [-0.2, -0.15) is 0 Å². The van der Waals surface area contributed by atoms with E-state index >= 15 is 0 Å². The normalized spacial score (nSPS) is 12.8. The maximum Gasteiger partial charge on any atom is 0.119 e. The van der Waals surface area contributed by atoms with Crippen LogP contribution < -0.4 is 9.47 Å². The molecule has 0 aliphatic heterocycles. The Balaban J connectivity index is 2.09. The lowest BCUT2D eigenvalue weighted by Crippen LogP contribution is -2.24. The van der Waals surface area contributed by atoms with Gasteiger partial charge in [0.1, 0.15) is 11.5 Å². The molecule has 0 spiro atoms. The standard InChI is InChI=1S/C19H24O2/c1-19(2,3)18(15-8-6-5-7-9-15)14-21-17-12-10-16(20-4)11-13-17/h5-13,18H,14H2,1-4H3. The van der Waals surface area contributed by atoms with Crippen LogP contribution in [0.4, 0.5) is 0 Å². The SMILES string of the molecule is COc1ccc(OCC(c2ccccc2)C(C)(C)C)cc1. The average Bonchev–Trinajstić information content (AvgIpc) is 2.48. The fraction of sp³-hybridized carbons (Fsp3) is 0.368. The third-order valence-corrected chi connectivity index (χ3v) is 3.72. The van der Waals surface area contributed by atoms with Crippen LogP contribution in [0.25, 0.3) is 0 Å². The van der Waals surface area contributed by atoms with Crippen molar-refractivity contribution in [3.63, 3.8) is 0 Å². The summed E-state index contributed by atoms with van der Waals surface area (Å²) in [5.41, 5.74) is 1.46. The molecular formula is C19H24O2. The molecule has 0 amide bonds. The Bertz CT molecular complexity index is 538. The second kappa shape index (κ2) is 6.66. The Labute approximate surface area is 127 Å². The predicted octanol–water partition coefficient (Wildman–Crippen LogP) is 4.90. The first-order chi connectivity index (χ1) is 10.0. The highest BCUT2D eigenvalue weighted by Crippen LogP contribution is 2.35. The lowest BCUT2D eigenvalue weighted by molar-refractivity contribution is 0.203. The molecule has 0 fully saturated rings. The molecule has 2 aromatic rings. The van der Waals surface area contributed by atoms with Gasteiger partial charge in [0.25, 0.3) is 0 Å². The summed E-state index contributed by atoms with van der Waals surface area (Å²) in [5, 5.41) is 0. The van der Waals surface area contributed by atoms with E-state index in [-0.39, 0.29) is 5.41 Å². The zero-order valence-corrected chi connectivity index (χ0v) is 13.3. The summed E-state index contributed by atoms with van der Waals surface area (Å²) in [5.74, 6) is 2.07. The van der Waals surface area contributed by atoms with Crippen molar-refractivity contribution in [3.05, 3.63) is 60.2 Å². The summed E-state index contributed by atoms with van der Waals surface area (Å²) >= 11 is 0. The molecule has 1 unspecified atom stereocenters. The van der Waals surface area contributed by atoms with Gasteiger partial charge in [-0.1, -0.05) is 51.1 Å². The topological polar surface area (TPSA) is 18.5 Å². The molecule has 112 valence electrons. The van der Waals surface area contributed by atoms with E-state index in [1.807, 2.05) is 30.3 Å². The summed E-state index contributed by atoms with van der Waals surface area (Å²) < 4.78 is 11.2. The van der Waals surface area contributed by atoms with E-state index in [2.05, 4.69) is 45.0 Å². The fourth-order valence-electron chi connectivity index (χ4n) is 2.38. The van der Waals surface area contributed by atoms with Gasteiger partial charge in [0.2, 0.25) is 0 Å². The van der Waals surface area contributed by atoms with Gasteiger partial charge in [-0.25, -0.2) is 0 Å². The van der Waals surface area contributed by atoms with Crippen LogP contribution in [0, 0.1) is 5.41 Å². The van der Waals surface area contributed by atoms with Crippen LogP contribution in [0.2, 0.25) is 0 Å². The number of methoxy groups -OCH3 is 1. The summed E-state index contributed by atoms with van der Waals surface area (Å²) in [4.78, 5) is 0. The Morgan fingerprint density at radius 1 is 0.857 bits per heavy atom. The van der Waals surface area contributed by atoms with Gasteiger partial charge in [0.05, 0.1) is 13.7 Å². The lowest BCUT2D eigenvalue weighted by Gasteiger charge is -2.31. The molecule has 2 aromatic carbocycles. The summed E-state index contributed by atoms with van der Waals surface area (Å²) in [7, 11) is 1.67. The third kappa shape index (κ3) is 4.25. The van der Waals surface area contributed by atoms with Crippen molar-refractivity contribution in [1.29, 1.82) is 0 Å². The van der Waals surface area contributed by atoms with Gasteiger partial charge >= 0.3 is 0 Å². The van der Waals surface area contributed by atoms with Crippen LogP contribution in [0.1, 0.15) is 32.3 Å². The molecule has 0 heterocycles. The van der Waals surface area contributed by atoms with Crippen LogP contribution in [0.15, 0.2) is 54.6 Å². The van der Waals surface area contributed by atoms with E-state index < -0.39 is 0 Å². The molecule has 0 aliphatic carbocycles. The molecule has 0 N–H and O–H groups in total. The average molecular weight is 284 g/mol. The first kappa shape index (κ1) is 15.4. The number of benzene rings is 2. The molecule has 0 saturated heterocycles. The lowest BCUT2D eigenvalue weighted by atomic mass is 9.77. The van der Waals surface area contributed by atoms with Gasteiger partial charge in [-0.3, -0.25) is 0 Å². The van der Waals surface area contributed by atoms with Gasteiger partial charge in [-0.05, 0) is 35.2 Å². The van der Waals surface area contributed by atoms with Gasteiger partial charge in [0.15, 0.2) is 0 Å². The largest absolute Gasteiger partial charge is 0.497 e. The first-order valence-corrected chi connectivity index (χ1v) is 7.32. The van der Waals surface area contributed by atoms with Gasteiger partial charge < -0.3 is 9.47 Å². The van der Waals surface area contributed by atoms with Crippen molar-refractivity contribution < 1.29 is 9.47 Å². The molecule has 2 nitrogen and oxygen atoms in total. The van der Waals surface area contributed by atoms with Gasteiger partial charge in [0, 0.05) is 5.92 Å². The number of hydrogen-bond acceptors (Lipinski definition) is 2. The molecule has 21 heavy (non-hydrogen) atoms. The molecule has 0 radical (unpaired) electrons. The van der Waals surface area contributed by atoms with Gasteiger partial charge in [-0.15, -0.1) is 0 Å². The molecule has 2 heteroatoms. The Morgan fingerprint density at radius 2 is 1.43 bits per heavy atom. The van der Waals surface area contributed by atoms with E-state index in [1.165, 1.54) is 5.56 Å². The molecule has 0 saturated carbocycles. The third-order valence-electron chi connectivity index (χ3n) is 3.72. The highest BCUT2D eigenvalue weighted by Gasteiger charge is 2.26. The minimum atomic E-state index is 0.147. The first-order valence-electron chi connectivity index (χ1n) is 7.32. The predicted molar refractivity (Wildman–Crippen MR) is 87.1 cm³/mol. The van der Waals surface area contributed by atoms with E-state index in [0.717, 1.165) is 11.5 Å². The number of rotatable bonds is 5. The zero-order valence-electron chi connectivity index (χ0n) is 13.3. The zero-order chi connectivity index (χ0) is 15.3. The van der Waals surface area contributed by atoms with E-state index in [0.29, 0.717) is 12.5 Å². The Kier molecular flexibility index (Phi) is 4.89. The van der Waals surface area contributed by atoms with Crippen molar-refractivity contribution in [2.45, 2.75) is 26.7 Å². The molecule has 1 atom stereocenters. The minimum absolute atomic E-state index is 0.147. The highest BCUT2D eigenvalue weighted by atomic mass is 16.5. The molecule has 0 aromatic heterocycles. The number of ether oxygens (including phenoxy) is 2. The van der Waals surface area contributed by atoms with Crippen molar-refractivity contribution in [1.82, 2.24) is 0 Å². The molecule has 2 rings (SSSR count). The van der Waals surface area contributed by atoms with E-state index in [9.17, 15) is 0 Å². The molecule has 0 aliphatic rings. The van der Waals surface area contributed by atoms with Crippen LogP contribution in [0.5, 0.6) is 11.5 Å². The Hall–Kier alpha value is -1.96. The minimum Gasteiger partial charge on any atom is -0.497 e. The van der Waals surface area contributed by atoms with Crippen LogP contribution in [-0.2, 0) is 0 Å². The van der Waals surface area contributed by atoms with Crippen molar-refractivity contribution in [2.24, 2.45) is 5.41 Å². The molecular weight excluding hydrogens is 260 g/mol. The quantitative estimate of drug-likeness (QED) is 0.777. The molecule has 0 bridgehead atoms. The fourth-order valence-corrected chi connectivity index (χ4v) is 2.38.